The second-order valence-electron chi connectivity index (χ2n) is 10.3. The van der Waals surface area contributed by atoms with Crippen molar-refractivity contribution in [1.82, 2.24) is 15.3 Å². The monoisotopic (exact) mass is 520 g/mol. The van der Waals surface area contributed by atoms with Gasteiger partial charge in [-0.05, 0) is 87.7 Å². The summed E-state index contributed by atoms with van der Waals surface area (Å²) in [6, 6.07) is 24.3. The smallest absolute Gasteiger partial charge is 0.235 e. The van der Waals surface area contributed by atoms with E-state index in [4.69, 9.17) is 4.98 Å². The lowest BCUT2D eigenvalue weighted by atomic mass is 9.93. The van der Waals surface area contributed by atoms with Crippen molar-refractivity contribution in [2.75, 3.05) is 36.1 Å². The first-order valence-electron chi connectivity index (χ1n) is 13.6. The van der Waals surface area contributed by atoms with E-state index in [2.05, 4.69) is 70.4 Å². The Morgan fingerprint density at radius 3 is 2.33 bits per heavy atom. The van der Waals surface area contributed by atoms with E-state index in [-0.39, 0.29) is 5.91 Å². The normalized spacial score (nSPS) is 13.5. The van der Waals surface area contributed by atoms with Gasteiger partial charge in [0.2, 0.25) is 11.9 Å². The van der Waals surface area contributed by atoms with Gasteiger partial charge in [0, 0.05) is 29.7 Å². The average molecular weight is 521 g/mol. The number of carbonyl (C=O) groups excluding carboxylic acids is 1. The summed E-state index contributed by atoms with van der Waals surface area (Å²) in [7, 11) is 1.95. The summed E-state index contributed by atoms with van der Waals surface area (Å²) < 4.78 is 0. The Morgan fingerprint density at radius 1 is 0.897 bits per heavy atom. The van der Waals surface area contributed by atoms with E-state index < -0.39 is 5.41 Å². The van der Waals surface area contributed by atoms with Gasteiger partial charge in [0.1, 0.15) is 5.82 Å². The van der Waals surface area contributed by atoms with E-state index in [1.807, 2.05) is 55.7 Å². The number of nitrogens with zero attached hydrogens (tertiary/aromatic N) is 2. The Labute approximate surface area is 230 Å². The first kappa shape index (κ1) is 26.4. The third kappa shape index (κ3) is 6.26. The lowest BCUT2D eigenvalue weighted by Gasteiger charge is -2.17. The predicted molar refractivity (Wildman–Crippen MR) is 160 cm³/mol. The molecule has 1 aliphatic rings. The molecule has 5 rings (SSSR count). The van der Waals surface area contributed by atoms with E-state index >= 15 is 0 Å². The summed E-state index contributed by atoms with van der Waals surface area (Å²) in [5.41, 5.74) is 6.64. The minimum absolute atomic E-state index is 0.0580. The number of hydrogen-bond acceptors (Lipinski definition) is 6. The summed E-state index contributed by atoms with van der Waals surface area (Å²) in [5.74, 6) is 1.36. The second-order valence-corrected chi connectivity index (χ2v) is 10.3. The molecule has 7 nitrogen and oxygen atoms in total. The van der Waals surface area contributed by atoms with Gasteiger partial charge in [-0.1, -0.05) is 54.1 Å². The van der Waals surface area contributed by atoms with Crippen LogP contribution in [0.4, 0.5) is 23.1 Å². The quantitative estimate of drug-likeness (QED) is 0.176. The molecule has 200 valence electrons. The molecule has 1 saturated carbocycles. The van der Waals surface area contributed by atoms with Crippen molar-refractivity contribution in [2.45, 2.75) is 38.5 Å². The number of benzene rings is 3. The minimum Gasteiger partial charge on any atom is -0.369 e. The van der Waals surface area contributed by atoms with Crippen molar-refractivity contribution in [2.24, 2.45) is 0 Å². The molecule has 39 heavy (non-hydrogen) atoms. The first-order chi connectivity index (χ1) is 19.0. The van der Waals surface area contributed by atoms with Gasteiger partial charge in [-0.3, -0.25) is 4.79 Å². The zero-order valence-electron chi connectivity index (χ0n) is 22.8. The van der Waals surface area contributed by atoms with Gasteiger partial charge >= 0.3 is 0 Å². The fourth-order valence-electron chi connectivity index (χ4n) is 4.81. The van der Waals surface area contributed by atoms with E-state index in [1.54, 1.807) is 0 Å². The standard InChI is InChI=1S/C32H36N6O/c1-22-7-4-9-25(19-22)32(15-16-32)30(39)36-26-13-11-24(12-14-26)28-21-35-31(37-27-10-5-8-23(2)20-27)38-29(28)34-18-6-17-33-3/h4-5,7-14,19-21,33H,6,15-18H2,1-3H3,(H,36,39)(H2,34,35,37,38). The second kappa shape index (κ2) is 11.7. The number of aryl methyl sites for hydroxylation is 2. The topological polar surface area (TPSA) is 91.0 Å². The third-order valence-corrected chi connectivity index (χ3v) is 7.17. The van der Waals surface area contributed by atoms with Crippen molar-refractivity contribution in [3.05, 3.63) is 95.7 Å². The molecule has 0 atom stereocenters. The van der Waals surface area contributed by atoms with Gasteiger partial charge in [0.25, 0.3) is 0 Å². The van der Waals surface area contributed by atoms with Gasteiger partial charge in [0.15, 0.2) is 0 Å². The van der Waals surface area contributed by atoms with Gasteiger partial charge in [0.05, 0.1) is 5.41 Å². The Morgan fingerprint density at radius 2 is 1.64 bits per heavy atom. The fourth-order valence-corrected chi connectivity index (χ4v) is 4.81. The van der Waals surface area contributed by atoms with Crippen molar-refractivity contribution < 1.29 is 4.79 Å². The summed E-state index contributed by atoms with van der Waals surface area (Å²) in [4.78, 5) is 22.6. The SMILES string of the molecule is CNCCCNc1nc(Nc2cccc(C)c2)ncc1-c1ccc(NC(=O)C2(c3cccc(C)c3)CC2)cc1. The molecule has 3 aromatic carbocycles. The summed E-state index contributed by atoms with van der Waals surface area (Å²) in [5, 5.41) is 13.1. The van der Waals surface area contributed by atoms with E-state index in [0.29, 0.717) is 5.95 Å². The van der Waals surface area contributed by atoms with Crippen molar-refractivity contribution >= 4 is 29.0 Å². The zero-order valence-corrected chi connectivity index (χ0v) is 22.8. The number of hydrogen-bond donors (Lipinski definition) is 4. The number of carbonyl (C=O) groups is 1. The van der Waals surface area contributed by atoms with Gasteiger partial charge in [-0.25, -0.2) is 4.98 Å². The number of aromatic nitrogens is 2. The number of amides is 1. The van der Waals surface area contributed by atoms with Crippen molar-refractivity contribution in [1.29, 1.82) is 0 Å². The fraction of sp³-hybridized carbons (Fsp3) is 0.281. The van der Waals surface area contributed by atoms with Crippen LogP contribution < -0.4 is 21.3 Å². The van der Waals surface area contributed by atoms with E-state index in [1.165, 1.54) is 11.1 Å². The highest BCUT2D eigenvalue weighted by Crippen LogP contribution is 2.49. The molecular weight excluding hydrogens is 484 g/mol. The summed E-state index contributed by atoms with van der Waals surface area (Å²) in [6.07, 6.45) is 4.57. The Balaban J connectivity index is 1.33. The molecule has 1 aromatic heterocycles. The zero-order chi connectivity index (χ0) is 27.2. The van der Waals surface area contributed by atoms with E-state index in [9.17, 15) is 4.79 Å². The summed E-state index contributed by atoms with van der Waals surface area (Å²) >= 11 is 0. The molecule has 1 amide bonds. The Bertz CT molecular complexity index is 1450. The average Bonchev–Trinajstić information content (AvgIpc) is 3.74. The Hall–Kier alpha value is -4.23. The predicted octanol–water partition coefficient (Wildman–Crippen LogP) is 6.20. The van der Waals surface area contributed by atoms with Crippen LogP contribution in [0.2, 0.25) is 0 Å². The van der Waals surface area contributed by atoms with Gasteiger partial charge in [-0.15, -0.1) is 0 Å². The molecule has 4 N–H and O–H groups in total. The highest BCUT2D eigenvalue weighted by atomic mass is 16.2. The van der Waals surface area contributed by atoms with E-state index in [0.717, 1.165) is 66.2 Å². The number of nitrogens with one attached hydrogen (secondary N) is 4. The minimum atomic E-state index is -0.414. The largest absolute Gasteiger partial charge is 0.369 e. The van der Waals surface area contributed by atoms with Gasteiger partial charge in [-0.2, -0.15) is 4.98 Å². The van der Waals surface area contributed by atoms with Crippen LogP contribution >= 0.6 is 0 Å². The van der Waals surface area contributed by atoms with Crippen LogP contribution in [-0.2, 0) is 10.2 Å². The maximum absolute atomic E-state index is 13.2. The highest BCUT2D eigenvalue weighted by molar-refractivity contribution is 6.01. The lowest BCUT2D eigenvalue weighted by molar-refractivity contribution is -0.118. The third-order valence-electron chi connectivity index (χ3n) is 7.17. The molecule has 0 spiro atoms. The van der Waals surface area contributed by atoms with Crippen molar-refractivity contribution in [3.63, 3.8) is 0 Å². The van der Waals surface area contributed by atoms with Crippen LogP contribution in [0.5, 0.6) is 0 Å². The summed E-state index contributed by atoms with van der Waals surface area (Å²) in [6.45, 7) is 5.82. The molecule has 0 saturated heterocycles. The molecule has 1 fully saturated rings. The van der Waals surface area contributed by atoms with Gasteiger partial charge < -0.3 is 21.3 Å². The van der Waals surface area contributed by atoms with Crippen LogP contribution in [0.3, 0.4) is 0 Å². The first-order valence-corrected chi connectivity index (χ1v) is 13.6. The molecule has 0 radical (unpaired) electrons. The molecule has 1 heterocycles. The van der Waals surface area contributed by atoms with Crippen LogP contribution in [0, 0.1) is 13.8 Å². The van der Waals surface area contributed by atoms with Crippen LogP contribution in [0.15, 0.2) is 79.0 Å². The molecule has 7 heteroatoms. The number of rotatable bonds is 11. The molecule has 4 aromatic rings. The van der Waals surface area contributed by atoms with Crippen LogP contribution in [0.1, 0.15) is 36.0 Å². The number of anilines is 4. The lowest BCUT2D eigenvalue weighted by Crippen LogP contribution is -2.27. The molecule has 0 unspecified atom stereocenters. The Kier molecular flexibility index (Phi) is 7.89. The molecule has 1 aliphatic carbocycles. The van der Waals surface area contributed by atoms with Crippen molar-refractivity contribution in [3.8, 4) is 11.1 Å². The maximum atomic E-state index is 13.2. The molecule has 0 aliphatic heterocycles. The molecular formula is C32H36N6O. The van der Waals surface area contributed by atoms with Crippen LogP contribution in [0.25, 0.3) is 11.1 Å². The van der Waals surface area contributed by atoms with Crippen LogP contribution in [-0.4, -0.2) is 36.0 Å². The molecule has 0 bridgehead atoms. The maximum Gasteiger partial charge on any atom is 0.235 e. The highest BCUT2D eigenvalue weighted by Gasteiger charge is 2.51.